The minimum atomic E-state index is 0.585. The molecule has 0 aromatic rings. The lowest BCUT2D eigenvalue weighted by Crippen LogP contribution is -2.45. The van der Waals surface area contributed by atoms with Crippen LogP contribution in [0.15, 0.2) is 11.6 Å². The first-order valence-corrected chi connectivity index (χ1v) is 6.40. The summed E-state index contributed by atoms with van der Waals surface area (Å²) in [6.07, 6.45) is 6.03. The van der Waals surface area contributed by atoms with Crippen molar-refractivity contribution in [3.8, 4) is 0 Å². The van der Waals surface area contributed by atoms with E-state index >= 15 is 0 Å². The van der Waals surface area contributed by atoms with E-state index in [1.165, 1.54) is 25.8 Å². The van der Waals surface area contributed by atoms with Crippen LogP contribution in [0, 0.1) is 0 Å². The van der Waals surface area contributed by atoms with Gasteiger partial charge in [-0.1, -0.05) is 24.1 Å². The number of hydrogen-bond acceptors (Lipinski definition) is 2. The SMILES string of the molecule is CC(C)N(C/C=C/Cl)CC1CCCCN1. The highest BCUT2D eigenvalue weighted by Gasteiger charge is 2.17. The summed E-state index contributed by atoms with van der Waals surface area (Å²) >= 11 is 5.57. The minimum Gasteiger partial charge on any atom is -0.313 e. The average molecular weight is 231 g/mol. The summed E-state index contributed by atoms with van der Waals surface area (Å²) in [6, 6.07) is 1.26. The molecule has 1 atom stereocenters. The van der Waals surface area contributed by atoms with Gasteiger partial charge in [0.2, 0.25) is 0 Å². The van der Waals surface area contributed by atoms with Crippen molar-refractivity contribution in [1.29, 1.82) is 0 Å². The Hall–Kier alpha value is -0.0500. The van der Waals surface area contributed by atoms with Gasteiger partial charge in [0.15, 0.2) is 0 Å². The van der Waals surface area contributed by atoms with E-state index in [2.05, 4.69) is 24.1 Å². The summed E-state index contributed by atoms with van der Waals surface area (Å²) in [5.74, 6) is 0. The van der Waals surface area contributed by atoms with Gasteiger partial charge >= 0.3 is 0 Å². The molecule has 1 heterocycles. The van der Waals surface area contributed by atoms with Gasteiger partial charge < -0.3 is 5.32 Å². The van der Waals surface area contributed by atoms with Crippen LogP contribution in [0.4, 0.5) is 0 Å². The van der Waals surface area contributed by atoms with Crippen LogP contribution >= 0.6 is 11.6 Å². The van der Waals surface area contributed by atoms with E-state index in [1.54, 1.807) is 5.54 Å². The fourth-order valence-electron chi connectivity index (χ4n) is 2.03. The number of halogens is 1. The summed E-state index contributed by atoms with van der Waals surface area (Å²) in [6.45, 7) is 7.76. The van der Waals surface area contributed by atoms with Gasteiger partial charge in [-0.25, -0.2) is 0 Å². The van der Waals surface area contributed by atoms with Crippen LogP contribution in [0.25, 0.3) is 0 Å². The second-order valence-electron chi connectivity index (χ2n) is 4.56. The van der Waals surface area contributed by atoms with Gasteiger partial charge in [-0.3, -0.25) is 4.90 Å². The van der Waals surface area contributed by atoms with E-state index in [0.717, 1.165) is 13.1 Å². The normalized spacial score (nSPS) is 23.1. The number of rotatable bonds is 5. The molecule has 1 aliphatic rings. The Kier molecular flexibility index (Phi) is 6.30. The Morgan fingerprint density at radius 2 is 2.27 bits per heavy atom. The first kappa shape index (κ1) is 13.0. The van der Waals surface area contributed by atoms with Crippen molar-refractivity contribution < 1.29 is 0 Å². The molecule has 1 unspecified atom stereocenters. The van der Waals surface area contributed by atoms with Crippen LogP contribution in [0.1, 0.15) is 33.1 Å². The maximum absolute atomic E-state index is 5.57. The third-order valence-electron chi connectivity index (χ3n) is 3.03. The molecule has 15 heavy (non-hydrogen) atoms. The van der Waals surface area contributed by atoms with Crippen LogP contribution < -0.4 is 5.32 Å². The molecule has 1 rings (SSSR count). The molecule has 3 heteroatoms. The summed E-state index contributed by atoms with van der Waals surface area (Å²) in [7, 11) is 0. The van der Waals surface area contributed by atoms with E-state index in [1.807, 2.05) is 6.08 Å². The van der Waals surface area contributed by atoms with Gasteiger partial charge in [-0.15, -0.1) is 0 Å². The molecule has 0 aromatic heterocycles. The van der Waals surface area contributed by atoms with Gasteiger partial charge in [0, 0.05) is 30.7 Å². The molecule has 0 amide bonds. The highest BCUT2D eigenvalue weighted by atomic mass is 35.5. The summed E-state index contributed by atoms with van der Waals surface area (Å²) < 4.78 is 0. The molecular weight excluding hydrogens is 208 g/mol. The summed E-state index contributed by atoms with van der Waals surface area (Å²) in [4.78, 5) is 2.46. The molecule has 0 spiro atoms. The van der Waals surface area contributed by atoms with Gasteiger partial charge in [-0.2, -0.15) is 0 Å². The number of hydrogen-bond donors (Lipinski definition) is 1. The van der Waals surface area contributed by atoms with E-state index in [9.17, 15) is 0 Å². The van der Waals surface area contributed by atoms with Crippen LogP contribution in [-0.4, -0.2) is 36.6 Å². The summed E-state index contributed by atoms with van der Waals surface area (Å²) in [5.41, 5.74) is 1.61. The maximum Gasteiger partial charge on any atom is 0.0195 e. The fourth-order valence-corrected chi connectivity index (χ4v) is 2.11. The van der Waals surface area contributed by atoms with Crippen molar-refractivity contribution in [1.82, 2.24) is 10.2 Å². The zero-order chi connectivity index (χ0) is 11.1. The van der Waals surface area contributed by atoms with Crippen LogP contribution in [-0.2, 0) is 0 Å². The van der Waals surface area contributed by atoms with Gasteiger partial charge in [-0.05, 0) is 33.2 Å². The quantitative estimate of drug-likeness (QED) is 0.781. The third kappa shape index (κ3) is 5.01. The van der Waals surface area contributed by atoms with E-state index in [0.29, 0.717) is 12.1 Å². The van der Waals surface area contributed by atoms with Crippen molar-refractivity contribution in [2.24, 2.45) is 0 Å². The number of nitrogens with zero attached hydrogens (tertiary/aromatic N) is 1. The fraction of sp³-hybridized carbons (Fsp3) is 0.833. The lowest BCUT2D eigenvalue weighted by Gasteiger charge is -2.32. The van der Waals surface area contributed by atoms with Crippen LogP contribution in [0.3, 0.4) is 0 Å². The Morgan fingerprint density at radius 1 is 1.47 bits per heavy atom. The second-order valence-corrected chi connectivity index (χ2v) is 4.81. The van der Waals surface area contributed by atoms with E-state index in [4.69, 9.17) is 11.6 Å². The minimum absolute atomic E-state index is 0.585. The lowest BCUT2D eigenvalue weighted by molar-refractivity contribution is 0.203. The van der Waals surface area contributed by atoms with Crippen molar-refractivity contribution in [2.75, 3.05) is 19.6 Å². The second kappa shape index (κ2) is 7.26. The lowest BCUT2D eigenvalue weighted by atomic mass is 10.0. The molecule has 1 aliphatic heterocycles. The molecule has 0 bridgehead atoms. The van der Waals surface area contributed by atoms with Gasteiger partial charge in [0.25, 0.3) is 0 Å². The van der Waals surface area contributed by atoms with Crippen molar-refractivity contribution in [3.05, 3.63) is 11.6 Å². The maximum atomic E-state index is 5.57. The molecular formula is C12H23ClN2. The Labute approximate surface area is 98.7 Å². The standard InChI is InChI=1S/C12H23ClN2/c1-11(2)15(9-5-7-13)10-12-6-3-4-8-14-12/h5,7,11-12,14H,3-4,6,8-10H2,1-2H3/b7-5+. The zero-order valence-corrected chi connectivity index (χ0v) is 10.6. The first-order valence-electron chi connectivity index (χ1n) is 5.96. The number of piperidine rings is 1. The highest BCUT2D eigenvalue weighted by molar-refractivity contribution is 6.25. The molecule has 2 nitrogen and oxygen atoms in total. The van der Waals surface area contributed by atoms with Crippen molar-refractivity contribution in [2.45, 2.75) is 45.2 Å². The molecule has 1 N–H and O–H groups in total. The predicted octanol–water partition coefficient (Wildman–Crippen LogP) is 2.59. The Morgan fingerprint density at radius 3 is 2.80 bits per heavy atom. The molecule has 0 aromatic carbocycles. The molecule has 1 fully saturated rings. The largest absolute Gasteiger partial charge is 0.313 e. The highest BCUT2D eigenvalue weighted by Crippen LogP contribution is 2.10. The molecule has 0 aliphatic carbocycles. The van der Waals surface area contributed by atoms with Crippen molar-refractivity contribution >= 4 is 11.6 Å². The third-order valence-corrected chi connectivity index (χ3v) is 3.20. The van der Waals surface area contributed by atoms with Crippen LogP contribution in [0.2, 0.25) is 0 Å². The van der Waals surface area contributed by atoms with Gasteiger partial charge in [0.05, 0.1) is 0 Å². The van der Waals surface area contributed by atoms with Gasteiger partial charge in [0.1, 0.15) is 0 Å². The van der Waals surface area contributed by atoms with Crippen LogP contribution in [0.5, 0.6) is 0 Å². The van der Waals surface area contributed by atoms with E-state index < -0.39 is 0 Å². The predicted molar refractivity (Wildman–Crippen MR) is 67.3 cm³/mol. The van der Waals surface area contributed by atoms with E-state index in [-0.39, 0.29) is 0 Å². The van der Waals surface area contributed by atoms with Crippen molar-refractivity contribution in [3.63, 3.8) is 0 Å². The average Bonchev–Trinajstić information content (AvgIpc) is 2.25. The molecule has 1 saturated heterocycles. The topological polar surface area (TPSA) is 15.3 Å². The zero-order valence-electron chi connectivity index (χ0n) is 9.88. The Bertz CT molecular complexity index is 186. The number of nitrogens with one attached hydrogen (secondary N) is 1. The summed E-state index contributed by atoms with van der Waals surface area (Å²) in [5, 5.41) is 3.58. The first-order chi connectivity index (χ1) is 7.24. The Balaban J connectivity index is 2.35. The monoisotopic (exact) mass is 230 g/mol. The smallest absolute Gasteiger partial charge is 0.0195 e. The molecule has 88 valence electrons. The molecule has 0 saturated carbocycles. The molecule has 0 radical (unpaired) electrons.